The molecular formula is C13H17BrN2O3. The van der Waals surface area contributed by atoms with Crippen LogP contribution < -0.4 is 11.1 Å². The summed E-state index contributed by atoms with van der Waals surface area (Å²) in [5, 5.41) is 11.6. The number of aliphatic carboxylic acids is 1. The molecule has 0 aliphatic heterocycles. The molecule has 1 rings (SSSR count). The number of nitrogen functional groups attached to an aromatic ring is 1. The molecule has 0 heterocycles. The largest absolute Gasteiger partial charge is 0.480 e. The van der Waals surface area contributed by atoms with Crippen molar-refractivity contribution in [3.63, 3.8) is 0 Å². The number of rotatable bonds is 5. The molecule has 19 heavy (non-hydrogen) atoms. The number of nitrogens with two attached hydrogens (primary N) is 1. The van der Waals surface area contributed by atoms with E-state index in [2.05, 4.69) is 21.2 Å². The number of carboxylic acids is 1. The van der Waals surface area contributed by atoms with Crippen LogP contribution in [0.2, 0.25) is 0 Å². The van der Waals surface area contributed by atoms with Gasteiger partial charge in [0.2, 0.25) is 0 Å². The van der Waals surface area contributed by atoms with E-state index >= 15 is 0 Å². The first-order chi connectivity index (χ1) is 8.81. The molecule has 1 amide bonds. The zero-order valence-electron chi connectivity index (χ0n) is 10.8. The molecule has 0 spiro atoms. The molecule has 0 unspecified atom stereocenters. The van der Waals surface area contributed by atoms with Crippen LogP contribution in [0.5, 0.6) is 0 Å². The summed E-state index contributed by atoms with van der Waals surface area (Å²) in [4.78, 5) is 23.2. The van der Waals surface area contributed by atoms with Crippen LogP contribution in [0.1, 0.15) is 30.6 Å². The summed E-state index contributed by atoms with van der Waals surface area (Å²) in [6.07, 6.45) is 0.376. The van der Waals surface area contributed by atoms with E-state index in [0.29, 0.717) is 22.1 Å². The van der Waals surface area contributed by atoms with E-state index in [1.807, 2.05) is 13.8 Å². The van der Waals surface area contributed by atoms with E-state index in [9.17, 15) is 9.59 Å². The average Bonchev–Trinajstić information content (AvgIpc) is 2.30. The fourth-order valence-corrected chi connectivity index (χ4v) is 2.07. The van der Waals surface area contributed by atoms with Gasteiger partial charge >= 0.3 is 5.97 Å². The van der Waals surface area contributed by atoms with Crippen molar-refractivity contribution in [2.75, 3.05) is 5.73 Å². The third-order valence-corrected chi connectivity index (χ3v) is 3.24. The van der Waals surface area contributed by atoms with Crippen molar-refractivity contribution in [1.29, 1.82) is 0 Å². The molecule has 1 aromatic rings. The fraction of sp³-hybridized carbons (Fsp3) is 0.385. The van der Waals surface area contributed by atoms with Gasteiger partial charge in [0.15, 0.2) is 0 Å². The second kappa shape index (κ2) is 6.56. The fourth-order valence-electron chi connectivity index (χ4n) is 1.65. The van der Waals surface area contributed by atoms with E-state index in [1.54, 1.807) is 12.1 Å². The van der Waals surface area contributed by atoms with Crippen molar-refractivity contribution < 1.29 is 14.7 Å². The minimum absolute atomic E-state index is 0.172. The number of carbonyl (C=O) groups is 2. The summed E-state index contributed by atoms with van der Waals surface area (Å²) in [5.74, 6) is -1.32. The number of benzene rings is 1. The lowest BCUT2D eigenvalue weighted by atomic mass is 10.0. The molecule has 0 radical (unpaired) electrons. The summed E-state index contributed by atoms with van der Waals surface area (Å²) in [5.41, 5.74) is 6.40. The lowest BCUT2D eigenvalue weighted by Gasteiger charge is -2.17. The van der Waals surface area contributed by atoms with Gasteiger partial charge in [0.05, 0.1) is 5.56 Å². The monoisotopic (exact) mass is 328 g/mol. The third kappa shape index (κ3) is 4.55. The molecule has 6 heteroatoms. The number of amides is 1. The smallest absolute Gasteiger partial charge is 0.326 e. The molecule has 0 aliphatic rings. The second-order valence-corrected chi connectivity index (χ2v) is 5.59. The van der Waals surface area contributed by atoms with Gasteiger partial charge in [0.25, 0.3) is 5.91 Å². The Morgan fingerprint density at radius 3 is 2.58 bits per heavy atom. The first-order valence-electron chi connectivity index (χ1n) is 5.90. The number of carbonyl (C=O) groups excluding carboxylic acids is 1. The second-order valence-electron chi connectivity index (χ2n) is 4.73. The Bertz CT molecular complexity index is 489. The van der Waals surface area contributed by atoms with Crippen LogP contribution in [0.3, 0.4) is 0 Å². The Labute approximate surface area is 120 Å². The average molecular weight is 329 g/mol. The number of hydrogen-bond donors (Lipinski definition) is 3. The van der Waals surface area contributed by atoms with Crippen molar-refractivity contribution in [3.8, 4) is 0 Å². The lowest BCUT2D eigenvalue weighted by Crippen LogP contribution is -2.41. The highest BCUT2D eigenvalue weighted by Gasteiger charge is 2.22. The van der Waals surface area contributed by atoms with Gasteiger partial charge < -0.3 is 16.2 Å². The summed E-state index contributed by atoms with van der Waals surface area (Å²) in [7, 11) is 0. The third-order valence-electron chi connectivity index (χ3n) is 2.55. The lowest BCUT2D eigenvalue weighted by molar-refractivity contribution is -0.139. The molecule has 0 fully saturated rings. The van der Waals surface area contributed by atoms with E-state index in [-0.39, 0.29) is 5.92 Å². The van der Waals surface area contributed by atoms with Crippen LogP contribution in [0.4, 0.5) is 5.69 Å². The Balaban J connectivity index is 2.87. The van der Waals surface area contributed by atoms with Crippen LogP contribution in [0.25, 0.3) is 0 Å². The summed E-state index contributed by atoms with van der Waals surface area (Å²) in [6, 6.07) is 3.92. The zero-order valence-corrected chi connectivity index (χ0v) is 12.4. The normalized spacial score (nSPS) is 12.2. The van der Waals surface area contributed by atoms with Crippen LogP contribution in [-0.2, 0) is 4.79 Å². The van der Waals surface area contributed by atoms with E-state index < -0.39 is 17.9 Å². The summed E-state index contributed by atoms with van der Waals surface area (Å²) < 4.78 is 0.577. The molecule has 4 N–H and O–H groups in total. The summed E-state index contributed by atoms with van der Waals surface area (Å²) in [6.45, 7) is 3.80. The van der Waals surface area contributed by atoms with Gasteiger partial charge in [-0.05, 0) is 46.5 Å². The van der Waals surface area contributed by atoms with Crippen LogP contribution in [0.15, 0.2) is 22.7 Å². The van der Waals surface area contributed by atoms with Gasteiger partial charge in [0, 0.05) is 10.2 Å². The predicted octanol–water partition coefficient (Wildman–Crippen LogP) is 2.26. The highest BCUT2D eigenvalue weighted by Crippen LogP contribution is 2.20. The molecule has 0 aromatic heterocycles. The first-order valence-corrected chi connectivity index (χ1v) is 6.69. The minimum atomic E-state index is -1.04. The first kappa shape index (κ1) is 15.5. The molecular weight excluding hydrogens is 312 g/mol. The highest BCUT2D eigenvalue weighted by molar-refractivity contribution is 9.10. The molecule has 104 valence electrons. The van der Waals surface area contributed by atoms with Crippen molar-refractivity contribution in [2.24, 2.45) is 5.92 Å². The Hall–Kier alpha value is -1.56. The number of carboxylic acid groups (broad SMARTS) is 1. The standard InChI is InChI=1S/C13H17BrN2O3/c1-7(2)5-11(13(18)19)16-12(17)9-6-8(15)3-4-10(9)14/h3-4,6-7,11H,5,15H2,1-2H3,(H,16,17)(H,18,19)/t11-/m0/s1. The maximum absolute atomic E-state index is 12.1. The van der Waals surface area contributed by atoms with E-state index in [0.717, 1.165) is 0 Å². The molecule has 0 aliphatic carbocycles. The van der Waals surface area contributed by atoms with Gasteiger partial charge in [-0.2, -0.15) is 0 Å². The van der Waals surface area contributed by atoms with Gasteiger partial charge in [-0.3, -0.25) is 4.79 Å². The van der Waals surface area contributed by atoms with Crippen molar-refractivity contribution in [2.45, 2.75) is 26.3 Å². The summed E-state index contributed by atoms with van der Waals surface area (Å²) >= 11 is 3.25. The van der Waals surface area contributed by atoms with Gasteiger partial charge in [-0.1, -0.05) is 13.8 Å². The predicted molar refractivity (Wildman–Crippen MR) is 76.9 cm³/mol. The Morgan fingerprint density at radius 1 is 1.42 bits per heavy atom. The maximum Gasteiger partial charge on any atom is 0.326 e. The zero-order chi connectivity index (χ0) is 14.6. The van der Waals surface area contributed by atoms with E-state index in [4.69, 9.17) is 10.8 Å². The van der Waals surface area contributed by atoms with Crippen LogP contribution in [0, 0.1) is 5.92 Å². The van der Waals surface area contributed by atoms with Crippen molar-refractivity contribution in [1.82, 2.24) is 5.32 Å². The maximum atomic E-state index is 12.1. The highest BCUT2D eigenvalue weighted by atomic mass is 79.9. The van der Waals surface area contributed by atoms with Crippen molar-refractivity contribution >= 4 is 33.5 Å². The SMILES string of the molecule is CC(C)C[C@H](NC(=O)c1cc(N)ccc1Br)C(=O)O. The van der Waals surface area contributed by atoms with E-state index in [1.165, 1.54) is 6.07 Å². The quantitative estimate of drug-likeness (QED) is 0.723. The van der Waals surface area contributed by atoms with Gasteiger partial charge in [0.1, 0.15) is 6.04 Å². The number of nitrogens with one attached hydrogen (secondary N) is 1. The topological polar surface area (TPSA) is 92.4 Å². The molecule has 1 aromatic carbocycles. The molecule has 0 bridgehead atoms. The number of anilines is 1. The number of halogens is 1. The molecule has 0 saturated carbocycles. The van der Waals surface area contributed by atoms with Crippen molar-refractivity contribution in [3.05, 3.63) is 28.2 Å². The van der Waals surface area contributed by atoms with Crippen LogP contribution in [-0.4, -0.2) is 23.0 Å². The Morgan fingerprint density at radius 2 is 2.05 bits per heavy atom. The van der Waals surface area contributed by atoms with Gasteiger partial charge in [-0.15, -0.1) is 0 Å². The molecule has 0 saturated heterocycles. The molecule has 5 nitrogen and oxygen atoms in total. The number of hydrogen-bond acceptors (Lipinski definition) is 3. The Kier molecular flexibility index (Phi) is 5.35. The van der Waals surface area contributed by atoms with Gasteiger partial charge in [-0.25, -0.2) is 4.79 Å². The molecule has 1 atom stereocenters. The van der Waals surface area contributed by atoms with Crippen LogP contribution >= 0.6 is 15.9 Å². The minimum Gasteiger partial charge on any atom is -0.480 e.